The molecule has 0 aliphatic heterocycles. The maximum absolute atomic E-state index is 11.6. The Morgan fingerprint density at radius 3 is 2.13 bits per heavy atom. The average Bonchev–Trinajstić information content (AvgIpc) is 2.52. The van der Waals surface area contributed by atoms with Crippen LogP contribution in [-0.4, -0.2) is 18.2 Å². The van der Waals surface area contributed by atoms with Crippen molar-refractivity contribution in [2.45, 2.75) is 20.8 Å². The molecule has 2 rings (SSSR count). The molecule has 0 aromatic heterocycles. The lowest BCUT2D eigenvalue weighted by molar-refractivity contribution is 0.0601. The van der Waals surface area contributed by atoms with Gasteiger partial charge in [0.05, 0.1) is 12.7 Å². The predicted octanol–water partition coefficient (Wildman–Crippen LogP) is 4.21. The van der Waals surface area contributed by atoms with Gasteiger partial charge < -0.3 is 15.4 Å². The third kappa shape index (κ3) is 4.29. The minimum absolute atomic E-state index is 0.374. The Bertz CT molecular complexity index is 757. The van der Waals surface area contributed by atoms with Crippen LogP contribution in [0.1, 0.15) is 27.0 Å². The summed E-state index contributed by atoms with van der Waals surface area (Å²) in [5, 5.41) is 6.81. The van der Waals surface area contributed by atoms with E-state index < -0.39 is 0 Å². The Hall–Kier alpha value is -2.40. The third-order valence-electron chi connectivity index (χ3n) is 3.55. The number of esters is 1. The minimum atomic E-state index is -0.374. The van der Waals surface area contributed by atoms with Gasteiger partial charge in [-0.3, -0.25) is 0 Å². The monoisotopic (exact) mass is 328 g/mol. The first-order valence-corrected chi connectivity index (χ1v) is 7.65. The molecule has 0 spiro atoms. The highest BCUT2D eigenvalue weighted by Gasteiger charge is 2.09. The van der Waals surface area contributed by atoms with Gasteiger partial charge in [-0.15, -0.1) is 0 Å². The van der Waals surface area contributed by atoms with Crippen LogP contribution in [0.4, 0.5) is 11.4 Å². The van der Waals surface area contributed by atoms with E-state index in [4.69, 9.17) is 17.0 Å². The average molecular weight is 328 g/mol. The second-order valence-corrected chi connectivity index (χ2v) is 5.83. The molecule has 4 nitrogen and oxygen atoms in total. The number of anilines is 2. The second kappa shape index (κ2) is 7.24. The third-order valence-corrected chi connectivity index (χ3v) is 3.75. The molecule has 120 valence electrons. The number of nitrogens with one attached hydrogen (secondary N) is 2. The van der Waals surface area contributed by atoms with E-state index in [0.717, 1.165) is 28.1 Å². The molecule has 0 amide bonds. The van der Waals surface area contributed by atoms with Crippen molar-refractivity contribution in [2.24, 2.45) is 0 Å². The largest absolute Gasteiger partial charge is 0.465 e. The smallest absolute Gasteiger partial charge is 0.337 e. The second-order valence-electron chi connectivity index (χ2n) is 5.42. The maximum atomic E-state index is 11.6. The van der Waals surface area contributed by atoms with Crippen molar-refractivity contribution < 1.29 is 9.53 Å². The standard InChI is InChI=1S/C18H20N2O2S/c1-11-5-6-12(2)15(9-11)19-18(23)20-16-10-14(17(21)22-4)8-7-13(16)3/h5-10H,1-4H3,(H2,19,20,23). The van der Waals surface area contributed by atoms with Crippen molar-refractivity contribution in [3.05, 3.63) is 58.7 Å². The van der Waals surface area contributed by atoms with Gasteiger partial charge in [-0.25, -0.2) is 4.79 Å². The molecule has 2 aromatic rings. The maximum Gasteiger partial charge on any atom is 0.337 e. The van der Waals surface area contributed by atoms with Gasteiger partial charge in [-0.1, -0.05) is 18.2 Å². The Morgan fingerprint density at radius 1 is 0.957 bits per heavy atom. The first kappa shape index (κ1) is 17.0. The molecule has 2 aromatic carbocycles. The SMILES string of the molecule is COC(=O)c1ccc(C)c(NC(=S)Nc2cc(C)ccc2C)c1. The summed E-state index contributed by atoms with van der Waals surface area (Å²) < 4.78 is 4.75. The van der Waals surface area contributed by atoms with E-state index in [-0.39, 0.29) is 5.97 Å². The molecule has 0 atom stereocenters. The Labute approximate surface area is 141 Å². The number of aryl methyl sites for hydroxylation is 3. The topological polar surface area (TPSA) is 50.4 Å². The number of benzene rings is 2. The van der Waals surface area contributed by atoms with Crippen molar-refractivity contribution >= 4 is 34.7 Å². The van der Waals surface area contributed by atoms with Crippen LogP contribution in [0, 0.1) is 20.8 Å². The lowest BCUT2D eigenvalue weighted by atomic mass is 10.1. The number of carbonyl (C=O) groups excluding carboxylic acids is 1. The molecule has 0 aliphatic carbocycles. The number of hydrogen-bond donors (Lipinski definition) is 2. The van der Waals surface area contributed by atoms with Crippen LogP contribution in [-0.2, 0) is 4.74 Å². The highest BCUT2D eigenvalue weighted by atomic mass is 32.1. The summed E-state index contributed by atoms with van der Waals surface area (Å²) in [4.78, 5) is 11.6. The molecule has 0 unspecified atom stereocenters. The van der Waals surface area contributed by atoms with Gasteiger partial charge in [0.25, 0.3) is 0 Å². The highest BCUT2D eigenvalue weighted by molar-refractivity contribution is 7.80. The molecule has 2 N–H and O–H groups in total. The first-order chi connectivity index (χ1) is 10.9. The fourth-order valence-corrected chi connectivity index (χ4v) is 2.37. The summed E-state index contributed by atoms with van der Waals surface area (Å²) >= 11 is 5.38. The van der Waals surface area contributed by atoms with Crippen molar-refractivity contribution in [1.82, 2.24) is 0 Å². The van der Waals surface area contributed by atoms with E-state index in [1.807, 2.05) is 39.0 Å². The zero-order valence-corrected chi connectivity index (χ0v) is 14.5. The molecule has 0 saturated carbocycles. The van der Waals surface area contributed by atoms with E-state index in [1.54, 1.807) is 12.1 Å². The van der Waals surface area contributed by atoms with Gasteiger partial charge in [-0.05, 0) is 67.9 Å². The van der Waals surface area contributed by atoms with Crippen LogP contribution in [0.25, 0.3) is 0 Å². The van der Waals surface area contributed by atoms with Gasteiger partial charge in [-0.2, -0.15) is 0 Å². The molecular formula is C18H20N2O2S. The fourth-order valence-electron chi connectivity index (χ4n) is 2.15. The van der Waals surface area contributed by atoms with Crippen LogP contribution in [0.2, 0.25) is 0 Å². The normalized spacial score (nSPS) is 10.1. The van der Waals surface area contributed by atoms with E-state index in [9.17, 15) is 4.79 Å². The Balaban J connectivity index is 2.17. The van der Waals surface area contributed by atoms with E-state index in [1.165, 1.54) is 7.11 Å². The number of rotatable bonds is 3. The van der Waals surface area contributed by atoms with Gasteiger partial charge in [0, 0.05) is 11.4 Å². The summed E-state index contributed by atoms with van der Waals surface area (Å²) in [7, 11) is 1.36. The van der Waals surface area contributed by atoms with Gasteiger partial charge in [0.2, 0.25) is 0 Å². The Kier molecular flexibility index (Phi) is 5.34. The highest BCUT2D eigenvalue weighted by Crippen LogP contribution is 2.20. The predicted molar refractivity (Wildman–Crippen MR) is 98.3 cm³/mol. The lowest BCUT2D eigenvalue weighted by Gasteiger charge is -2.15. The molecule has 0 fully saturated rings. The summed E-state index contributed by atoms with van der Waals surface area (Å²) in [5.41, 5.74) is 5.47. The fraction of sp³-hybridized carbons (Fsp3) is 0.222. The summed E-state index contributed by atoms with van der Waals surface area (Å²) in [5.74, 6) is -0.374. The number of hydrogen-bond acceptors (Lipinski definition) is 3. The van der Waals surface area contributed by atoms with E-state index in [2.05, 4.69) is 16.7 Å². The van der Waals surface area contributed by atoms with Crippen LogP contribution in [0.15, 0.2) is 36.4 Å². The molecule has 5 heteroatoms. The van der Waals surface area contributed by atoms with Crippen molar-refractivity contribution in [3.8, 4) is 0 Å². The number of carbonyl (C=O) groups is 1. The number of methoxy groups -OCH3 is 1. The van der Waals surface area contributed by atoms with E-state index in [0.29, 0.717) is 10.7 Å². The molecule has 0 bridgehead atoms. The molecule has 0 heterocycles. The minimum Gasteiger partial charge on any atom is -0.465 e. The summed E-state index contributed by atoms with van der Waals surface area (Å²) in [6.07, 6.45) is 0. The van der Waals surface area contributed by atoms with Crippen molar-refractivity contribution in [1.29, 1.82) is 0 Å². The van der Waals surface area contributed by atoms with Gasteiger partial charge in [0.1, 0.15) is 0 Å². The molecule has 0 saturated heterocycles. The summed E-state index contributed by atoms with van der Waals surface area (Å²) in [6, 6.07) is 11.5. The zero-order chi connectivity index (χ0) is 17.0. The first-order valence-electron chi connectivity index (χ1n) is 7.25. The van der Waals surface area contributed by atoms with E-state index >= 15 is 0 Å². The zero-order valence-electron chi connectivity index (χ0n) is 13.7. The molecule has 0 radical (unpaired) electrons. The number of thiocarbonyl (C=S) groups is 1. The Morgan fingerprint density at radius 2 is 1.52 bits per heavy atom. The van der Waals surface area contributed by atoms with Gasteiger partial charge in [0.15, 0.2) is 5.11 Å². The van der Waals surface area contributed by atoms with Crippen LogP contribution < -0.4 is 10.6 Å². The number of ether oxygens (including phenoxy) is 1. The molecule has 0 aliphatic rings. The van der Waals surface area contributed by atoms with Crippen LogP contribution >= 0.6 is 12.2 Å². The molecular weight excluding hydrogens is 308 g/mol. The molecule has 23 heavy (non-hydrogen) atoms. The van der Waals surface area contributed by atoms with Crippen molar-refractivity contribution in [3.63, 3.8) is 0 Å². The summed E-state index contributed by atoms with van der Waals surface area (Å²) in [6.45, 7) is 6.00. The van der Waals surface area contributed by atoms with Crippen LogP contribution in [0.5, 0.6) is 0 Å². The lowest BCUT2D eigenvalue weighted by Crippen LogP contribution is -2.20. The van der Waals surface area contributed by atoms with Gasteiger partial charge >= 0.3 is 5.97 Å². The van der Waals surface area contributed by atoms with Crippen molar-refractivity contribution in [2.75, 3.05) is 17.7 Å². The van der Waals surface area contributed by atoms with Crippen LogP contribution in [0.3, 0.4) is 0 Å². The quantitative estimate of drug-likeness (QED) is 0.653.